The van der Waals surface area contributed by atoms with Gasteiger partial charge in [0.05, 0.1) is 6.61 Å². The number of anilines is 1. The molecule has 7 heteroatoms. The van der Waals surface area contributed by atoms with Gasteiger partial charge in [0, 0.05) is 16.5 Å². The van der Waals surface area contributed by atoms with Crippen molar-refractivity contribution in [3.8, 4) is 5.75 Å². The fourth-order valence-corrected chi connectivity index (χ4v) is 3.09. The summed E-state index contributed by atoms with van der Waals surface area (Å²) in [4.78, 5) is 12.2. The Labute approximate surface area is 151 Å². The number of ether oxygens (including phenoxy) is 1. The molecule has 0 aliphatic rings. The van der Waals surface area contributed by atoms with Crippen LogP contribution in [-0.2, 0) is 6.42 Å². The standard InChI is InChI=1S/C17H14BrN3O2S/c18-13-6-4-5-12(11-13)16(22)19-17-21-20-15(24-17)9-10-23-14-7-2-1-3-8-14/h1-8,11H,9-10H2,(H,19,21,22). The molecular weight excluding hydrogens is 390 g/mol. The number of carbonyl (C=O) groups excluding carboxylic acids is 1. The number of halogens is 1. The second-order valence-corrected chi connectivity index (χ2v) is 6.85. The molecule has 1 amide bonds. The van der Waals surface area contributed by atoms with E-state index < -0.39 is 0 Å². The van der Waals surface area contributed by atoms with E-state index in [0.717, 1.165) is 15.2 Å². The average Bonchev–Trinajstić information content (AvgIpc) is 3.03. The Morgan fingerprint density at radius 1 is 1.12 bits per heavy atom. The summed E-state index contributed by atoms with van der Waals surface area (Å²) in [5, 5.41) is 12.1. The molecular formula is C17H14BrN3O2S. The number of hydrogen-bond donors (Lipinski definition) is 1. The van der Waals surface area contributed by atoms with E-state index in [1.165, 1.54) is 11.3 Å². The molecule has 0 spiro atoms. The molecule has 3 aromatic rings. The van der Waals surface area contributed by atoms with Gasteiger partial charge in [0.25, 0.3) is 5.91 Å². The predicted octanol–water partition coefficient (Wildman–Crippen LogP) is 4.17. The van der Waals surface area contributed by atoms with Gasteiger partial charge in [0.15, 0.2) is 0 Å². The fraction of sp³-hybridized carbons (Fsp3) is 0.118. The van der Waals surface area contributed by atoms with Crippen molar-refractivity contribution in [3.63, 3.8) is 0 Å². The number of para-hydroxylation sites is 1. The first-order valence-corrected chi connectivity index (χ1v) is 8.89. The van der Waals surface area contributed by atoms with Gasteiger partial charge in [-0.1, -0.05) is 51.5 Å². The largest absolute Gasteiger partial charge is 0.493 e. The molecule has 24 heavy (non-hydrogen) atoms. The molecule has 2 aromatic carbocycles. The Balaban J connectivity index is 1.53. The van der Waals surface area contributed by atoms with Crippen LogP contribution in [0.5, 0.6) is 5.75 Å². The summed E-state index contributed by atoms with van der Waals surface area (Å²) in [6, 6.07) is 16.8. The van der Waals surface area contributed by atoms with Crippen LogP contribution in [0, 0.1) is 0 Å². The first-order chi connectivity index (χ1) is 11.7. The third-order valence-electron chi connectivity index (χ3n) is 3.10. The van der Waals surface area contributed by atoms with Crippen molar-refractivity contribution in [2.45, 2.75) is 6.42 Å². The van der Waals surface area contributed by atoms with Gasteiger partial charge in [-0.15, -0.1) is 10.2 Å². The van der Waals surface area contributed by atoms with E-state index in [0.29, 0.717) is 23.7 Å². The lowest BCUT2D eigenvalue weighted by molar-refractivity contribution is 0.102. The monoisotopic (exact) mass is 403 g/mol. The van der Waals surface area contributed by atoms with Gasteiger partial charge in [-0.25, -0.2) is 0 Å². The number of rotatable bonds is 6. The van der Waals surface area contributed by atoms with Gasteiger partial charge in [0.2, 0.25) is 5.13 Å². The van der Waals surface area contributed by atoms with Gasteiger partial charge in [-0.2, -0.15) is 0 Å². The van der Waals surface area contributed by atoms with Crippen LogP contribution in [0.15, 0.2) is 59.1 Å². The molecule has 0 fully saturated rings. The molecule has 1 heterocycles. The van der Waals surface area contributed by atoms with Crippen LogP contribution in [0.25, 0.3) is 0 Å². The minimum atomic E-state index is -0.209. The van der Waals surface area contributed by atoms with Gasteiger partial charge < -0.3 is 4.74 Å². The highest BCUT2D eigenvalue weighted by atomic mass is 79.9. The minimum absolute atomic E-state index is 0.209. The maximum Gasteiger partial charge on any atom is 0.257 e. The van der Waals surface area contributed by atoms with E-state index in [1.54, 1.807) is 12.1 Å². The minimum Gasteiger partial charge on any atom is -0.493 e. The molecule has 122 valence electrons. The lowest BCUT2D eigenvalue weighted by atomic mass is 10.2. The predicted molar refractivity (Wildman–Crippen MR) is 97.6 cm³/mol. The van der Waals surface area contributed by atoms with E-state index in [1.807, 2.05) is 42.5 Å². The molecule has 0 aliphatic carbocycles. The first kappa shape index (κ1) is 16.6. The van der Waals surface area contributed by atoms with Crippen LogP contribution >= 0.6 is 27.3 Å². The maximum atomic E-state index is 12.2. The second-order valence-electron chi connectivity index (χ2n) is 4.88. The number of nitrogens with one attached hydrogen (secondary N) is 1. The van der Waals surface area contributed by atoms with Gasteiger partial charge >= 0.3 is 0 Å². The van der Waals surface area contributed by atoms with E-state index >= 15 is 0 Å². The Morgan fingerprint density at radius 3 is 2.75 bits per heavy atom. The number of aromatic nitrogens is 2. The van der Waals surface area contributed by atoms with Crippen molar-refractivity contribution in [1.29, 1.82) is 0 Å². The van der Waals surface area contributed by atoms with Crippen molar-refractivity contribution in [3.05, 3.63) is 69.6 Å². The highest BCUT2D eigenvalue weighted by Crippen LogP contribution is 2.18. The molecule has 5 nitrogen and oxygen atoms in total. The van der Waals surface area contributed by atoms with Gasteiger partial charge in [0.1, 0.15) is 10.8 Å². The van der Waals surface area contributed by atoms with E-state index in [2.05, 4.69) is 31.4 Å². The van der Waals surface area contributed by atoms with Crippen LogP contribution in [0.2, 0.25) is 0 Å². The molecule has 0 saturated heterocycles. The van der Waals surface area contributed by atoms with Crippen LogP contribution < -0.4 is 10.1 Å². The number of carbonyl (C=O) groups is 1. The zero-order chi connectivity index (χ0) is 16.8. The molecule has 0 aliphatic heterocycles. The number of amides is 1. The Kier molecular flexibility index (Phi) is 5.55. The van der Waals surface area contributed by atoms with Crippen molar-refractivity contribution in [1.82, 2.24) is 10.2 Å². The SMILES string of the molecule is O=C(Nc1nnc(CCOc2ccccc2)s1)c1cccc(Br)c1. The molecule has 0 radical (unpaired) electrons. The van der Waals surface area contributed by atoms with E-state index in [9.17, 15) is 4.79 Å². The normalized spacial score (nSPS) is 10.4. The van der Waals surface area contributed by atoms with Crippen LogP contribution in [0.3, 0.4) is 0 Å². The summed E-state index contributed by atoms with van der Waals surface area (Å²) in [6.07, 6.45) is 0.638. The van der Waals surface area contributed by atoms with Crippen LogP contribution in [-0.4, -0.2) is 22.7 Å². The Hall–Kier alpha value is -2.25. The Bertz CT molecular complexity index is 823. The molecule has 1 aromatic heterocycles. The molecule has 0 bridgehead atoms. The van der Waals surface area contributed by atoms with Crippen molar-refractivity contribution in [2.24, 2.45) is 0 Å². The summed E-state index contributed by atoms with van der Waals surface area (Å²) < 4.78 is 6.48. The number of hydrogen-bond acceptors (Lipinski definition) is 5. The third-order valence-corrected chi connectivity index (χ3v) is 4.49. The fourth-order valence-electron chi connectivity index (χ4n) is 1.98. The summed E-state index contributed by atoms with van der Waals surface area (Å²) in [5.41, 5.74) is 0.563. The highest BCUT2D eigenvalue weighted by molar-refractivity contribution is 9.10. The van der Waals surface area contributed by atoms with Gasteiger partial charge in [-0.05, 0) is 30.3 Å². The summed E-state index contributed by atoms with van der Waals surface area (Å²) >= 11 is 4.70. The van der Waals surface area contributed by atoms with E-state index in [-0.39, 0.29) is 5.91 Å². The van der Waals surface area contributed by atoms with Crippen molar-refractivity contribution in [2.75, 3.05) is 11.9 Å². The summed E-state index contributed by atoms with van der Waals surface area (Å²) in [7, 11) is 0. The highest BCUT2D eigenvalue weighted by Gasteiger charge is 2.10. The first-order valence-electron chi connectivity index (χ1n) is 7.28. The average molecular weight is 404 g/mol. The lowest BCUT2D eigenvalue weighted by Crippen LogP contribution is -2.11. The molecule has 0 unspecified atom stereocenters. The lowest BCUT2D eigenvalue weighted by Gasteiger charge is -2.03. The molecule has 0 atom stereocenters. The molecule has 0 saturated carbocycles. The third kappa shape index (κ3) is 4.62. The summed E-state index contributed by atoms with van der Waals surface area (Å²) in [5.74, 6) is 0.615. The smallest absolute Gasteiger partial charge is 0.257 e. The zero-order valence-electron chi connectivity index (χ0n) is 12.6. The summed E-state index contributed by atoms with van der Waals surface area (Å²) in [6.45, 7) is 0.512. The zero-order valence-corrected chi connectivity index (χ0v) is 15.0. The van der Waals surface area contributed by atoms with Crippen LogP contribution in [0.1, 0.15) is 15.4 Å². The topological polar surface area (TPSA) is 64.1 Å². The number of benzene rings is 2. The van der Waals surface area contributed by atoms with Crippen molar-refractivity contribution >= 4 is 38.3 Å². The molecule has 3 rings (SSSR count). The Morgan fingerprint density at radius 2 is 1.96 bits per heavy atom. The number of nitrogens with zero attached hydrogens (tertiary/aromatic N) is 2. The quantitative estimate of drug-likeness (QED) is 0.670. The molecule has 1 N–H and O–H groups in total. The van der Waals surface area contributed by atoms with E-state index in [4.69, 9.17) is 4.74 Å². The maximum absolute atomic E-state index is 12.2. The van der Waals surface area contributed by atoms with Crippen molar-refractivity contribution < 1.29 is 9.53 Å². The van der Waals surface area contributed by atoms with Crippen LogP contribution in [0.4, 0.5) is 5.13 Å². The van der Waals surface area contributed by atoms with Gasteiger partial charge in [-0.3, -0.25) is 10.1 Å². The second kappa shape index (κ2) is 8.03.